The predicted molar refractivity (Wildman–Crippen MR) is 94.4 cm³/mol. The van der Waals surface area contributed by atoms with Gasteiger partial charge in [0.2, 0.25) is 0 Å². The molecule has 1 aliphatic carbocycles. The van der Waals surface area contributed by atoms with Crippen LogP contribution >= 0.6 is 11.3 Å². The fraction of sp³-hybridized carbons (Fsp3) is 0.474. The minimum atomic E-state index is 0.0748. The molecule has 2 heterocycles. The highest BCUT2D eigenvalue weighted by Gasteiger charge is 2.37. The van der Waals surface area contributed by atoms with Crippen LogP contribution in [0.3, 0.4) is 0 Å². The number of rotatable bonds is 3. The van der Waals surface area contributed by atoms with Crippen molar-refractivity contribution in [3.05, 3.63) is 52.0 Å². The maximum absolute atomic E-state index is 12.9. The zero-order valence-electron chi connectivity index (χ0n) is 13.7. The Hall–Kier alpha value is -1.72. The summed E-state index contributed by atoms with van der Waals surface area (Å²) >= 11 is 1.58. The number of carbonyl (C=O) groups excluding carboxylic acids is 1. The van der Waals surface area contributed by atoms with Gasteiger partial charge in [-0.2, -0.15) is 0 Å². The minimum absolute atomic E-state index is 0.0748. The Morgan fingerprint density at radius 1 is 1.25 bits per heavy atom. The van der Waals surface area contributed by atoms with E-state index in [1.54, 1.807) is 11.3 Å². The minimum Gasteiger partial charge on any atom is -0.374 e. The average molecular weight is 342 g/mol. The fourth-order valence-corrected chi connectivity index (χ4v) is 4.56. The number of ether oxygens (including phenoxy) is 1. The van der Waals surface area contributed by atoms with Crippen LogP contribution in [0.1, 0.15) is 46.7 Å². The van der Waals surface area contributed by atoms with E-state index in [0.29, 0.717) is 18.8 Å². The Balaban J connectivity index is 1.48. The molecule has 1 aliphatic heterocycles. The van der Waals surface area contributed by atoms with Gasteiger partial charge in [-0.15, -0.1) is 11.3 Å². The zero-order valence-corrected chi connectivity index (χ0v) is 14.5. The quantitative estimate of drug-likeness (QED) is 0.857. The molecule has 24 heavy (non-hydrogen) atoms. The number of thiazole rings is 1. The molecule has 2 aromatic rings. The molecule has 4 rings (SSSR count). The molecule has 0 bridgehead atoms. The third-order valence-electron chi connectivity index (χ3n) is 4.96. The summed E-state index contributed by atoms with van der Waals surface area (Å²) in [5.41, 5.74) is 1.82. The van der Waals surface area contributed by atoms with Gasteiger partial charge in [0.25, 0.3) is 5.91 Å². The van der Waals surface area contributed by atoms with Gasteiger partial charge in [-0.3, -0.25) is 4.79 Å². The first-order valence-electron chi connectivity index (χ1n) is 8.72. The molecule has 0 spiro atoms. The first-order chi connectivity index (χ1) is 11.8. The number of amides is 1. The second-order valence-corrected chi connectivity index (χ2v) is 7.49. The normalized spacial score (nSPS) is 23.8. The molecule has 1 amide bonds. The maximum Gasteiger partial charge on any atom is 0.273 e. The third kappa shape index (κ3) is 3.23. The fourth-order valence-electron chi connectivity index (χ4n) is 3.76. The lowest BCUT2D eigenvalue weighted by atomic mass is 9.90. The van der Waals surface area contributed by atoms with E-state index in [1.165, 1.54) is 18.4 Å². The number of aromatic nitrogens is 1. The van der Waals surface area contributed by atoms with E-state index in [-0.39, 0.29) is 18.1 Å². The topological polar surface area (TPSA) is 42.4 Å². The molecule has 1 saturated carbocycles. The number of fused-ring (bicyclic) bond motifs is 1. The van der Waals surface area contributed by atoms with Crippen LogP contribution in [-0.2, 0) is 11.2 Å². The van der Waals surface area contributed by atoms with Gasteiger partial charge in [0, 0.05) is 18.3 Å². The Morgan fingerprint density at radius 3 is 2.96 bits per heavy atom. The molecule has 0 unspecified atom stereocenters. The number of carbonyl (C=O) groups is 1. The van der Waals surface area contributed by atoms with Gasteiger partial charge in [-0.25, -0.2) is 4.98 Å². The van der Waals surface area contributed by atoms with Crippen LogP contribution in [0.4, 0.5) is 0 Å². The van der Waals surface area contributed by atoms with Gasteiger partial charge in [0.1, 0.15) is 5.69 Å². The van der Waals surface area contributed by atoms with Crippen LogP contribution in [0.2, 0.25) is 0 Å². The van der Waals surface area contributed by atoms with E-state index in [1.807, 2.05) is 28.5 Å². The van der Waals surface area contributed by atoms with Crippen molar-refractivity contribution in [2.24, 2.45) is 0 Å². The van der Waals surface area contributed by atoms with Gasteiger partial charge >= 0.3 is 0 Å². The summed E-state index contributed by atoms with van der Waals surface area (Å²) in [6.07, 6.45) is 5.53. The second kappa shape index (κ2) is 7.03. The largest absolute Gasteiger partial charge is 0.374 e. The molecule has 4 nitrogen and oxygen atoms in total. The van der Waals surface area contributed by atoms with Crippen LogP contribution in [0.15, 0.2) is 35.7 Å². The lowest BCUT2D eigenvalue weighted by molar-refractivity contribution is -0.0754. The summed E-state index contributed by atoms with van der Waals surface area (Å²) in [5.74, 6) is 0.0748. The van der Waals surface area contributed by atoms with E-state index in [2.05, 4.69) is 17.1 Å². The standard InChI is InChI=1S/C19H22N2O2S/c22-19(21-10-11-23-17-9-5-4-8-16(17)21)15-13-24-18(20-15)12-14-6-2-1-3-7-14/h1-3,6-7,13,16-17H,4-5,8-12H2/t16-,17+/m0/s1. The highest BCUT2D eigenvalue weighted by molar-refractivity contribution is 7.09. The molecular weight excluding hydrogens is 320 g/mol. The zero-order chi connectivity index (χ0) is 16.4. The van der Waals surface area contributed by atoms with Gasteiger partial charge in [0.05, 0.1) is 23.8 Å². The SMILES string of the molecule is O=C(c1csc(Cc2ccccc2)n1)N1CCO[C@@H]2CCCC[C@@H]21. The number of morpholine rings is 1. The summed E-state index contributed by atoms with van der Waals surface area (Å²) < 4.78 is 5.87. The molecule has 0 radical (unpaired) electrons. The van der Waals surface area contributed by atoms with E-state index >= 15 is 0 Å². The molecule has 2 fully saturated rings. The van der Waals surface area contributed by atoms with Crippen LogP contribution < -0.4 is 0 Å². The van der Waals surface area contributed by atoms with E-state index in [9.17, 15) is 4.79 Å². The van der Waals surface area contributed by atoms with Crippen molar-refractivity contribution in [1.82, 2.24) is 9.88 Å². The predicted octanol–water partition coefficient (Wildman–Crippen LogP) is 3.52. The van der Waals surface area contributed by atoms with Crippen molar-refractivity contribution in [3.8, 4) is 0 Å². The van der Waals surface area contributed by atoms with Crippen LogP contribution in [0, 0.1) is 0 Å². The monoisotopic (exact) mass is 342 g/mol. The first kappa shape index (κ1) is 15.8. The van der Waals surface area contributed by atoms with Crippen LogP contribution in [-0.4, -0.2) is 41.1 Å². The van der Waals surface area contributed by atoms with E-state index in [4.69, 9.17) is 4.74 Å². The van der Waals surface area contributed by atoms with Crippen molar-refractivity contribution in [2.45, 2.75) is 44.2 Å². The summed E-state index contributed by atoms with van der Waals surface area (Å²) in [5, 5.41) is 2.91. The number of hydrogen-bond acceptors (Lipinski definition) is 4. The van der Waals surface area contributed by atoms with E-state index < -0.39 is 0 Å². The number of benzene rings is 1. The van der Waals surface area contributed by atoms with Gasteiger partial charge in [-0.1, -0.05) is 43.2 Å². The highest BCUT2D eigenvalue weighted by Crippen LogP contribution is 2.29. The molecule has 0 N–H and O–H groups in total. The van der Waals surface area contributed by atoms with E-state index in [0.717, 1.165) is 24.3 Å². The van der Waals surface area contributed by atoms with Crippen molar-refractivity contribution in [3.63, 3.8) is 0 Å². The van der Waals surface area contributed by atoms with Gasteiger partial charge in [-0.05, 0) is 18.4 Å². The highest BCUT2D eigenvalue weighted by atomic mass is 32.1. The van der Waals surface area contributed by atoms with Crippen LogP contribution in [0.5, 0.6) is 0 Å². The smallest absolute Gasteiger partial charge is 0.273 e. The lowest BCUT2D eigenvalue weighted by Gasteiger charge is -2.43. The van der Waals surface area contributed by atoms with Crippen molar-refractivity contribution >= 4 is 17.2 Å². The van der Waals surface area contributed by atoms with Crippen molar-refractivity contribution in [1.29, 1.82) is 0 Å². The van der Waals surface area contributed by atoms with Crippen molar-refractivity contribution in [2.75, 3.05) is 13.2 Å². The molecule has 126 valence electrons. The summed E-state index contributed by atoms with van der Waals surface area (Å²) in [7, 11) is 0. The molecule has 1 aromatic heterocycles. The third-order valence-corrected chi connectivity index (χ3v) is 5.81. The van der Waals surface area contributed by atoms with Gasteiger partial charge < -0.3 is 9.64 Å². The Morgan fingerprint density at radius 2 is 2.08 bits per heavy atom. The average Bonchev–Trinajstić information content (AvgIpc) is 3.10. The van der Waals surface area contributed by atoms with Crippen LogP contribution in [0.25, 0.3) is 0 Å². The Labute approximate surface area is 146 Å². The molecule has 1 saturated heterocycles. The summed E-state index contributed by atoms with van der Waals surface area (Å²) in [6, 6.07) is 10.5. The molecule has 1 aromatic carbocycles. The Kier molecular flexibility index (Phi) is 4.63. The Bertz CT molecular complexity index is 698. The second-order valence-electron chi connectivity index (χ2n) is 6.55. The number of hydrogen-bond donors (Lipinski definition) is 0. The molecule has 2 aliphatic rings. The lowest BCUT2D eigenvalue weighted by Crippen LogP contribution is -2.54. The first-order valence-corrected chi connectivity index (χ1v) is 9.60. The maximum atomic E-state index is 12.9. The van der Waals surface area contributed by atoms with Crippen molar-refractivity contribution < 1.29 is 9.53 Å². The summed E-state index contributed by atoms with van der Waals surface area (Å²) in [6.45, 7) is 1.33. The molecule has 2 atom stereocenters. The number of nitrogens with zero attached hydrogens (tertiary/aromatic N) is 2. The summed E-state index contributed by atoms with van der Waals surface area (Å²) in [4.78, 5) is 19.5. The molecule has 5 heteroatoms. The van der Waals surface area contributed by atoms with Gasteiger partial charge in [0.15, 0.2) is 0 Å². The molecular formula is C19H22N2O2S.